The fourth-order valence-corrected chi connectivity index (χ4v) is 1.16. The normalized spacial score (nSPS) is 13.9. The van der Waals surface area contributed by atoms with Gasteiger partial charge in [0.05, 0.1) is 12.9 Å². The minimum Gasteiger partial charge on any atom is -0.467 e. The second-order valence-electron chi connectivity index (χ2n) is 3.28. The van der Waals surface area contributed by atoms with Crippen LogP contribution in [0.25, 0.3) is 0 Å². The lowest BCUT2D eigenvalue weighted by Gasteiger charge is -2.12. The first-order valence-electron chi connectivity index (χ1n) is 4.80. The lowest BCUT2D eigenvalue weighted by Crippen LogP contribution is -2.40. The summed E-state index contributed by atoms with van der Waals surface area (Å²) in [5.41, 5.74) is 5.66. The monoisotopic (exact) mass is 211 g/mol. The van der Waals surface area contributed by atoms with E-state index in [1.807, 2.05) is 19.1 Å². The van der Waals surface area contributed by atoms with E-state index in [1.54, 1.807) is 13.4 Å². The van der Waals surface area contributed by atoms with E-state index in [1.165, 1.54) is 0 Å². The maximum atomic E-state index is 5.66. The molecule has 0 bridgehead atoms. The topological polar surface area (TPSA) is 72.8 Å². The van der Waals surface area contributed by atoms with Gasteiger partial charge in [-0.1, -0.05) is 0 Å². The summed E-state index contributed by atoms with van der Waals surface area (Å²) in [5, 5.41) is 3.00. The Hall–Kier alpha value is -1.49. The summed E-state index contributed by atoms with van der Waals surface area (Å²) in [7, 11) is 1.65. The van der Waals surface area contributed by atoms with Gasteiger partial charge in [-0.25, -0.2) is 4.99 Å². The van der Waals surface area contributed by atoms with Gasteiger partial charge in [-0.3, -0.25) is 0 Å². The third-order valence-electron chi connectivity index (χ3n) is 1.80. The van der Waals surface area contributed by atoms with Crippen LogP contribution in [0, 0.1) is 0 Å². The summed E-state index contributed by atoms with van der Waals surface area (Å²) in [6.45, 7) is 3.02. The van der Waals surface area contributed by atoms with Gasteiger partial charge in [-0.15, -0.1) is 0 Å². The lowest BCUT2D eigenvalue weighted by molar-refractivity contribution is 0.179. The molecular weight excluding hydrogens is 194 g/mol. The van der Waals surface area contributed by atoms with E-state index >= 15 is 0 Å². The molecule has 0 aromatic carbocycles. The van der Waals surface area contributed by atoms with Gasteiger partial charge >= 0.3 is 0 Å². The Morgan fingerprint density at radius 1 is 1.73 bits per heavy atom. The molecule has 0 aliphatic carbocycles. The molecule has 1 aromatic rings. The number of nitrogens with zero attached hydrogens (tertiary/aromatic N) is 1. The van der Waals surface area contributed by atoms with Gasteiger partial charge in [0.15, 0.2) is 5.96 Å². The molecule has 15 heavy (non-hydrogen) atoms. The van der Waals surface area contributed by atoms with Crippen LogP contribution < -0.4 is 11.1 Å². The first kappa shape index (κ1) is 11.6. The van der Waals surface area contributed by atoms with E-state index < -0.39 is 0 Å². The predicted molar refractivity (Wildman–Crippen MR) is 58.5 cm³/mol. The summed E-state index contributed by atoms with van der Waals surface area (Å²) in [6.07, 6.45) is 1.61. The molecule has 1 aromatic heterocycles. The van der Waals surface area contributed by atoms with Crippen LogP contribution in [-0.4, -0.2) is 25.7 Å². The van der Waals surface area contributed by atoms with Crippen LogP contribution in [0.5, 0.6) is 0 Å². The van der Waals surface area contributed by atoms with E-state index in [2.05, 4.69) is 10.3 Å². The van der Waals surface area contributed by atoms with E-state index in [0.29, 0.717) is 19.1 Å². The van der Waals surface area contributed by atoms with Crippen LogP contribution in [0.15, 0.2) is 27.8 Å². The number of ether oxygens (including phenoxy) is 1. The molecular formula is C10H17N3O2. The zero-order chi connectivity index (χ0) is 11.1. The first-order valence-corrected chi connectivity index (χ1v) is 4.80. The van der Waals surface area contributed by atoms with Crippen molar-refractivity contribution in [2.75, 3.05) is 13.7 Å². The van der Waals surface area contributed by atoms with Gasteiger partial charge in [-0.2, -0.15) is 0 Å². The molecule has 0 aliphatic rings. The van der Waals surface area contributed by atoms with E-state index in [0.717, 1.165) is 5.76 Å². The van der Waals surface area contributed by atoms with Crippen LogP contribution in [0.4, 0.5) is 0 Å². The van der Waals surface area contributed by atoms with Crippen LogP contribution in [0.1, 0.15) is 12.7 Å². The van der Waals surface area contributed by atoms with Crippen molar-refractivity contribution in [3.8, 4) is 0 Å². The number of furan rings is 1. The molecule has 0 saturated carbocycles. The molecule has 1 rings (SSSR count). The summed E-state index contributed by atoms with van der Waals surface area (Å²) in [6, 6.07) is 3.83. The van der Waals surface area contributed by atoms with Gasteiger partial charge in [0.25, 0.3) is 0 Å². The van der Waals surface area contributed by atoms with E-state index in [9.17, 15) is 0 Å². The molecule has 1 atom stereocenters. The highest BCUT2D eigenvalue weighted by molar-refractivity contribution is 5.78. The summed E-state index contributed by atoms with van der Waals surface area (Å²) < 4.78 is 10.1. The quantitative estimate of drug-likeness (QED) is 0.556. The van der Waals surface area contributed by atoms with Crippen molar-refractivity contribution >= 4 is 5.96 Å². The van der Waals surface area contributed by atoms with Gasteiger partial charge in [0, 0.05) is 13.2 Å². The minimum absolute atomic E-state index is 0.148. The second-order valence-corrected chi connectivity index (χ2v) is 3.28. The predicted octanol–water partition coefficient (Wildman–Crippen LogP) is 0.719. The number of guanidine groups is 1. The second kappa shape index (κ2) is 6.08. The average molecular weight is 211 g/mol. The average Bonchev–Trinajstić information content (AvgIpc) is 2.67. The fraction of sp³-hybridized carbons (Fsp3) is 0.500. The number of aliphatic imine (C=N–C) groups is 1. The lowest BCUT2D eigenvalue weighted by atomic mass is 10.4. The molecule has 5 heteroatoms. The Labute approximate surface area is 89.3 Å². The fourth-order valence-electron chi connectivity index (χ4n) is 1.16. The van der Waals surface area contributed by atoms with Crippen molar-refractivity contribution in [1.82, 2.24) is 5.32 Å². The number of nitrogens with two attached hydrogens (primary N) is 1. The van der Waals surface area contributed by atoms with Crippen LogP contribution in [-0.2, 0) is 11.3 Å². The van der Waals surface area contributed by atoms with E-state index in [-0.39, 0.29) is 6.04 Å². The SMILES string of the molecule is COCC(C)NC(N)=NCc1ccco1. The third kappa shape index (κ3) is 4.51. The Bertz CT molecular complexity index is 296. The number of rotatable bonds is 5. The van der Waals surface area contributed by atoms with Gasteiger partial charge in [-0.05, 0) is 19.1 Å². The number of nitrogens with one attached hydrogen (secondary N) is 1. The Balaban J connectivity index is 2.33. The van der Waals surface area contributed by atoms with Crippen molar-refractivity contribution in [3.05, 3.63) is 24.2 Å². The summed E-state index contributed by atoms with van der Waals surface area (Å²) >= 11 is 0. The summed E-state index contributed by atoms with van der Waals surface area (Å²) in [4.78, 5) is 4.12. The zero-order valence-electron chi connectivity index (χ0n) is 9.06. The standard InChI is InChI=1S/C10H17N3O2/c1-8(7-14-2)13-10(11)12-6-9-4-3-5-15-9/h3-5,8H,6-7H2,1-2H3,(H3,11,12,13). The van der Waals surface area contributed by atoms with Crippen molar-refractivity contribution in [2.45, 2.75) is 19.5 Å². The zero-order valence-corrected chi connectivity index (χ0v) is 9.06. The Morgan fingerprint density at radius 3 is 3.13 bits per heavy atom. The highest BCUT2D eigenvalue weighted by Crippen LogP contribution is 2.00. The Morgan fingerprint density at radius 2 is 2.53 bits per heavy atom. The molecule has 0 aliphatic heterocycles. The maximum absolute atomic E-state index is 5.66. The van der Waals surface area contributed by atoms with Crippen molar-refractivity contribution in [3.63, 3.8) is 0 Å². The van der Waals surface area contributed by atoms with Crippen LogP contribution >= 0.6 is 0 Å². The molecule has 0 saturated heterocycles. The summed E-state index contributed by atoms with van der Waals surface area (Å²) in [5.74, 6) is 1.19. The van der Waals surface area contributed by atoms with Crippen molar-refractivity contribution in [2.24, 2.45) is 10.7 Å². The first-order chi connectivity index (χ1) is 7.22. The third-order valence-corrected chi connectivity index (χ3v) is 1.80. The molecule has 1 heterocycles. The van der Waals surface area contributed by atoms with Crippen LogP contribution in [0.3, 0.4) is 0 Å². The highest BCUT2D eigenvalue weighted by atomic mass is 16.5. The molecule has 3 N–H and O–H groups in total. The van der Waals surface area contributed by atoms with Crippen molar-refractivity contribution < 1.29 is 9.15 Å². The van der Waals surface area contributed by atoms with Gasteiger partial charge in [0.2, 0.25) is 0 Å². The highest BCUT2D eigenvalue weighted by Gasteiger charge is 2.01. The molecule has 0 radical (unpaired) electrons. The molecule has 0 fully saturated rings. The van der Waals surface area contributed by atoms with E-state index in [4.69, 9.17) is 14.9 Å². The molecule has 0 amide bonds. The smallest absolute Gasteiger partial charge is 0.189 e. The number of hydrogen-bond acceptors (Lipinski definition) is 3. The number of methoxy groups -OCH3 is 1. The molecule has 5 nitrogen and oxygen atoms in total. The van der Waals surface area contributed by atoms with Crippen molar-refractivity contribution in [1.29, 1.82) is 0 Å². The Kier molecular flexibility index (Phi) is 4.70. The maximum Gasteiger partial charge on any atom is 0.189 e. The largest absolute Gasteiger partial charge is 0.467 e. The minimum atomic E-state index is 0.148. The van der Waals surface area contributed by atoms with Crippen LogP contribution in [0.2, 0.25) is 0 Å². The van der Waals surface area contributed by atoms with Gasteiger partial charge in [0.1, 0.15) is 12.3 Å². The van der Waals surface area contributed by atoms with Gasteiger partial charge < -0.3 is 20.2 Å². The number of hydrogen-bond donors (Lipinski definition) is 2. The molecule has 1 unspecified atom stereocenters. The molecule has 0 spiro atoms. The molecule has 84 valence electrons.